The molecule has 0 saturated carbocycles. The zero-order valence-electron chi connectivity index (χ0n) is 9.04. The molecule has 0 aromatic heterocycles. The SMILES string of the molecule is O=CC(C1=CCC=CC=C1)c1ccccc1. The summed E-state index contributed by atoms with van der Waals surface area (Å²) in [7, 11) is 0. The van der Waals surface area contributed by atoms with Crippen molar-refractivity contribution in [3.05, 3.63) is 71.8 Å². The maximum atomic E-state index is 11.2. The summed E-state index contributed by atoms with van der Waals surface area (Å²) < 4.78 is 0. The molecule has 0 fully saturated rings. The summed E-state index contributed by atoms with van der Waals surface area (Å²) in [6.45, 7) is 0. The molecule has 0 amide bonds. The minimum atomic E-state index is -0.141. The van der Waals surface area contributed by atoms with Crippen LogP contribution in [-0.4, -0.2) is 6.29 Å². The predicted molar refractivity (Wildman–Crippen MR) is 66.2 cm³/mol. The fourth-order valence-electron chi connectivity index (χ4n) is 1.84. The Morgan fingerprint density at radius 3 is 2.69 bits per heavy atom. The van der Waals surface area contributed by atoms with E-state index in [9.17, 15) is 4.79 Å². The molecule has 1 nitrogen and oxygen atoms in total. The number of rotatable bonds is 3. The lowest BCUT2D eigenvalue weighted by molar-refractivity contribution is -0.108. The Hall–Kier alpha value is -1.89. The van der Waals surface area contributed by atoms with Crippen LogP contribution < -0.4 is 0 Å². The van der Waals surface area contributed by atoms with Gasteiger partial charge in [-0.1, -0.05) is 60.7 Å². The fourth-order valence-corrected chi connectivity index (χ4v) is 1.84. The Balaban J connectivity index is 2.30. The molecule has 2 rings (SSSR count). The van der Waals surface area contributed by atoms with Crippen LogP contribution in [0.4, 0.5) is 0 Å². The van der Waals surface area contributed by atoms with Crippen LogP contribution in [0.2, 0.25) is 0 Å². The standard InChI is InChI=1S/C15H14O/c16-12-15(14-10-6-3-7-11-14)13-8-4-1-2-5-9-13/h1-4,6-12,15H,5H2. The van der Waals surface area contributed by atoms with Crippen LogP contribution in [-0.2, 0) is 4.79 Å². The fraction of sp³-hybridized carbons (Fsp3) is 0.133. The largest absolute Gasteiger partial charge is 0.302 e. The number of hydrogen-bond acceptors (Lipinski definition) is 1. The number of carbonyl (C=O) groups excluding carboxylic acids is 1. The molecular formula is C15H14O. The van der Waals surface area contributed by atoms with E-state index in [0.717, 1.165) is 23.8 Å². The molecule has 1 unspecified atom stereocenters. The lowest BCUT2D eigenvalue weighted by Gasteiger charge is -2.11. The Morgan fingerprint density at radius 1 is 1.12 bits per heavy atom. The van der Waals surface area contributed by atoms with Gasteiger partial charge in [0.15, 0.2) is 0 Å². The van der Waals surface area contributed by atoms with E-state index >= 15 is 0 Å². The molecule has 1 aliphatic rings. The van der Waals surface area contributed by atoms with E-state index in [1.807, 2.05) is 48.6 Å². The van der Waals surface area contributed by atoms with Crippen LogP contribution in [0.15, 0.2) is 66.3 Å². The minimum absolute atomic E-state index is 0.141. The van der Waals surface area contributed by atoms with Gasteiger partial charge in [-0.05, 0) is 17.6 Å². The molecule has 0 aliphatic heterocycles. The molecule has 1 aromatic carbocycles. The van der Waals surface area contributed by atoms with Crippen molar-refractivity contribution in [2.75, 3.05) is 0 Å². The first kappa shape index (κ1) is 10.6. The second kappa shape index (κ2) is 5.26. The first-order valence-corrected chi connectivity index (χ1v) is 5.45. The molecule has 0 heterocycles. The highest BCUT2D eigenvalue weighted by Gasteiger charge is 2.13. The summed E-state index contributed by atoms with van der Waals surface area (Å²) in [6, 6.07) is 9.87. The van der Waals surface area contributed by atoms with Crippen LogP contribution >= 0.6 is 0 Å². The van der Waals surface area contributed by atoms with Gasteiger partial charge in [0.25, 0.3) is 0 Å². The zero-order chi connectivity index (χ0) is 11.2. The van der Waals surface area contributed by atoms with Crippen LogP contribution in [0, 0.1) is 0 Å². The van der Waals surface area contributed by atoms with Crippen LogP contribution in [0.5, 0.6) is 0 Å². The molecule has 0 spiro atoms. The van der Waals surface area contributed by atoms with Gasteiger partial charge >= 0.3 is 0 Å². The summed E-state index contributed by atoms with van der Waals surface area (Å²) in [5, 5.41) is 0. The lowest BCUT2D eigenvalue weighted by Crippen LogP contribution is -2.02. The van der Waals surface area contributed by atoms with Gasteiger partial charge < -0.3 is 4.79 Å². The molecule has 80 valence electrons. The Kier molecular flexibility index (Phi) is 3.50. The Morgan fingerprint density at radius 2 is 1.94 bits per heavy atom. The van der Waals surface area contributed by atoms with Crippen molar-refractivity contribution in [3.8, 4) is 0 Å². The number of allylic oxidation sites excluding steroid dienone is 6. The van der Waals surface area contributed by atoms with Gasteiger partial charge in [-0.25, -0.2) is 0 Å². The van der Waals surface area contributed by atoms with Gasteiger partial charge in [0, 0.05) is 0 Å². The third kappa shape index (κ3) is 2.37. The van der Waals surface area contributed by atoms with Crippen molar-refractivity contribution in [1.82, 2.24) is 0 Å². The Bertz CT molecular complexity index is 438. The molecule has 0 bridgehead atoms. The average Bonchev–Trinajstić information content (AvgIpc) is 2.61. The quantitative estimate of drug-likeness (QED) is 0.699. The molecule has 16 heavy (non-hydrogen) atoms. The van der Waals surface area contributed by atoms with Crippen LogP contribution in [0.1, 0.15) is 17.9 Å². The van der Waals surface area contributed by atoms with Crippen molar-refractivity contribution < 1.29 is 4.79 Å². The molecule has 1 heteroatoms. The predicted octanol–water partition coefficient (Wildman–Crippen LogP) is 3.41. The van der Waals surface area contributed by atoms with E-state index in [0.29, 0.717) is 0 Å². The first-order chi connectivity index (χ1) is 7.92. The van der Waals surface area contributed by atoms with E-state index in [1.54, 1.807) is 0 Å². The Labute approximate surface area is 95.8 Å². The van der Waals surface area contributed by atoms with E-state index in [4.69, 9.17) is 0 Å². The van der Waals surface area contributed by atoms with Crippen LogP contribution in [0.3, 0.4) is 0 Å². The van der Waals surface area contributed by atoms with Gasteiger partial charge in [0.2, 0.25) is 0 Å². The summed E-state index contributed by atoms with van der Waals surface area (Å²) in [5.41, 5.74) is 2.13. The molecule has 1 aliphatic carbocycles. The second-order valence-corrected chi connectivity index (χ2v) is 3.75. The third-order valence-electron chi connectivity index (χ3n) is 2.68. The van der Waals surface area contributed by atoms with Crippen LogP contribution in [0.25, 0.3) is 0 Å². The maximum Gasteiger partial charge on any atom is 0.131 e. The van der Waals surface area contributed by atoms with Crippen molar-refractivity contribution in [3.63, 3.8) is 0 Å². The topological polar surface area (TPSA) is 17.1 Å². The number of benzene rings is 1. The lowest BCUT2D eigenvalue weighted by atomic mass is 9.92. The van der Waals surface area contributed by atoms with E-state index < -0.39 is 0 Å². The average molecular weight is 210 g/mol. The molecule has 1 atom stereocenters. The summed E-state index contributed by atoms with van der Waals surface area (Å²) in [4.78, 5) is 11.2. The summed E-state index contributed by atoms with van der Waals surface area (Å²) >= 11 is 0. The van der Waals surface area contributed by atoms with Crippen molar-refractivity contribution in [1.29, 1.82) is 0 Å². The van der Waals surface area contributed by atoms with Gasteiger partial charge in [0.05, 0.1) is 5.92 Å². The number of carbonyl (C=O) groups is 1. The van der Waals surface area contributed by atoms with Gasteiger partial charge in [-0.2, -0.15) is 0 Å². The first-order valence-electron chi connectivity index (χ1n) is 5.45. The molecule has 0 N–H and O–H groups in total. The third-order valence-corrected chi connectivity index (χ3v) is 2.68. The second-order valence-electron chi connectivity index (χ2n) is 3.75. The van der Waals surface area contributed by atoms with Crippen molar-refractivity contribution in [2.24, 2.45) is 0 Å². The van der Waals surface area contributed by atoms with Crippen molar-refractivity contribution in [2.45, 2.75) is 12.3 Å². The highest BCUT2D eigenvalue weighted by molar-refractivity contribution is 5.69. The van der Waals surface area contributed by atoms with Crippen molar-refractivity contribution >= 4 is 6.29 Å². The molecule has 1 aromatic rings. The number of aldehydes is 1. The van der Waals surface area contributed by atoms with Gasteiger partial charge in [-0.3, -0.25) is 0 Å². The van der Waals surface area contributed by atoms with Gasteiger partial charge in [-0.15, -0.1) is 0 Å². The minimum Gasteiger partial charge on any atom is -0.302 e. The number of hydrogen-bond donors (Lipinski definition) is 0. The smallest absolute Gasteiger partial charge is 0.131 e. The highest BCUT2D eigenvalue weighted by atomic mass is 16.1. The van der Waals surface area contributed by atoms with Gasteiger partial charge in [0.1, 0.15) is 6.29 Å². The normalized spacial score (nSPS) is 16.4. The van der Waals surface area contributed by atoms with E-state index in [-0.39, 0.29) is 5.92 Å². The summed E-state index contributed by atoms with van der Waals surface area (Å²) in [6.07, 6.45) is 12.1. The monoisotopic (exact) mass is 210 g/mol. The molecule has 0 radical (unpaired) electrons. The molecular weight excluding hydrogens is 196 g/mol. The highest BCUT2D eigenvalue weighted by Crippen LogP contribution is 2.24. The van der Waals surface area contributed by atoms with E-state index in [1.165, 1.54) is 0 Å². The van der Waals surface area contributed by atoms with E-state index in [2.05, 4.69) is 12.2 Å². The molecule has 0 saturated heterocycles. The summed E-state index contributed by atoms with van der Waals surface area (Å²) in [5.74, 6) is -0.141. The maximum absolute atomic E-state index is 11.2. The zero-order valence-corrected chi connectivity index (χ0v) is 9.04.